The molecule has 3 atom stereocenters. The predicted octanol–water partition coefficient (Wildman–Crippen LogP) is 6.07. The van der Waals surface area contributed by atoms with Gasteiger partial charge < -0.3 is 5.32 Å². The van der Waals surface area contributed by atoms with Crippen LogP contribution in [0.2, 0.25) is 0 Å². The third-order valence-corrected chi connectivity index (χ3v) is 6.93. The summed E-state index contributed by atoms with van der Waals surface area (Å²) in [7, 11) is 0. The molecule has 2 aliphatic carbocycles. The van der Waals surface area contributed by atoms with Crippen LogP contribution in [0.4, 0.5) is 18.2 Å². The number of hydrogen-bond donors (Lipinski definition) is 1. The summed E-state index contributed by atoms with van der Waals surface area (Å²) in [5.74, 6) is -0.0604. The van der Waals surface area contributed by atoms with E-state index in [0.29, 0.717) is 23.5 Å². The van der Waals surface area contributed by atoms with Crippen molar-refractivity contribution in [3.63, 3.8) is 0 Å². The first-order valence-corrected chi connectivity index (χ1v) is 10.2. The van der Waals surface area contributed by atoms with Crippen molar-refractivity contribution in [1.82, 2.24) is 0 Å². The summed E-state index contributed by atoms with van der Waals surface area (Å²) in [5.41, 5.74) is 0.461. The number of amides is 1. The number of aryl methyl sites for hydroxylation is 2. The minimum absolute atomic E-state index is 0.0208. The number of carbonyl (C=O) groups excluding carboxylic acids is 1. The Kier molecular flexibility index (Phi) is 4.78. The average molecular weight is 416 g/mol. The Morgan fingerprint density at radius 2 is 2.00 bits per heavy atom. The third kappa shape index (κ3) is 3.46. The van der Waals surface area contributed by atoms with Crippen molar-refractivity contribution in [2.24, 2.45) is 17.8 Å². The lowest BCUT2D eigenvalue weighted by atomic mass is 9.93. The Labute approximate surface area is 170 Å². The summed E-state index contributed by atoms with van der Waals surface area (Å²) in [5, 5.41) is 12.2. The summed E-state index contributed by atoms with van der Waals surface area (Å²) >= 11 is 0.828. The molecular formula is C22H19F3N2OS. The van der Waals surface area contributed by atoms with E-state index >= 15 is 0 Å². The number of nitrogens with zero attached hydrogens (tertiary/aromatic N) is 1. The maximum absolute atomic E-state index is 13.9. The second kappa shape index (κ2) is 7.03. The van der Waals surface area contributed by atoms with Gasteiger partial charge in [-0.15, -0.1) is 11.3 Å². The molecule has 0 spiro atoms. The first-order chi connectivity index (χ1) is 13.7. The second-order valence-corrected chi connectivity index (χ2v) is 8.83. The van der Waals surface area contributed by atoms with E-state index < -0.39 is 17.3 Å². The van der Waals surface area contributed by atoms with Crippen LogP contribution in [-0.4, -0.2) is 5.91 Å². The molecule has 2 aromatic rings. The zero-order chi connectivity index (χ0) is 20.9. The highest BCUT2D eigenvalue weighted by Gasteiger charge is 2.43. The van der Waals surface area contributed by atoms with Crippen LogP contribution >= 0.6 is 11.3 Å². The van der Waals surface area contributed by atoms with Crippen molar-refractivity contribution in [2.75, 3.05) is 5.32 Å². The van der Waals surface area contributed by atoms with Gasteiger partial charge in [0.25, 0.3) is 0 Å². The highest BCUT2D eigenvalue weighted by Crippen LogP contribution is 2.49. The number of benzene rings is 1. The zero-order valence-corrected chi connectivity index (χ0v) is 16.7. The number of thiophene rings is 1. The van der Waals surface area contributed by atoms with Crippen LogP contribution in [0.15, 0.2) is 30.4 Å². The Hall–Kier alpha value is -2.59. The van der Waals surface area contributed by atoms with Crippen molar-refractivity contribution in [2.45, 2.75) is 32.9 Å². The monoisotopic (exact) mass is 416 g/mol. The number of alkyl halides is 3. The molecule has 0 unspecified atom stereocenters. The molecule has 1 N–H and O–H groups in total. The highest BCUT2D eigenvalue weighted by molar-refractivity contribution is 7.20. The fraction of sp³-hybridized carbons (Fsp3) is 0.364. The van der Waals surface area contributed by atoms with Crippen LogP contribution in [0.1, 0.15) is 35.1 Å². The largest absolute Gasteiger partial charge is 0.419 e. The van der Waals surface area contributed by atoms with Crippen LogP contribution in [-0.2, 0) is 11.0 Å². The molecule has 1 aromatic heterocycles. The van der Waals surface area contributed by atoms with Gasteiger partial charge in [0, 0.05) is 5.92 Å². The van der Waals surface area contributed by atoms with Gasteiger partial charge in [-0.25, -0.2) is 0 Å². The molecule has 0 saturated heterocycles. The number of nitrogens with one attached hydrogen (secondary N) is 1. The molecule has 3 nitrogen and oxygen atoms in total. The number of halogens is 3. The van der Waals surface area contributed by atoms with E-state index in [4.69, 9.17) is 0 Å². The Bertz CT molecular complexity index is 1060. The van der Waals surface area contributed by atoms with E-state index in [9.17, 15) is 23.2 Å². The van der Waals surface area contributed by atoms with E-state index in [0.717, 1.165) is 23.3 Å². The lowest BCUT2D eigenvalue weighted by molar-refractivity contribution is -0.137. The first-order valence-electron chi connectivity index (χ1n) is 9.40. The van der Waals surface area contributed by atoms with Gasteiger partial charge in [-0.2, -0.15) is 18.4 Å². The molecule has 4 rings (SSSR count). The van der Waals surface area contributed by atoms with Gasteiger partial charge in [-0.1, -0.05) is 35.9 Å². The van der Waals surface area contributed by atoms with E-state index in [-0.39, 0.29) is 27.6 Å². The minimum Gasteiger partial charge on any atom is -0.316 e. The Balaban J connectivity index is 1.78. The number of fused-ring (bicyclic) bond motifs is 2. The lowest BCUT2D eigenvalue weighted by Gasteiger charge is -2.17. The molecule has 2 bridgehead atoms. The third-order valence-electron chi connectivity index (χ3n) is 5.79. The number of nitriles is 1. The normalized spacial score (nSPS) is 22.7. The molecular weight excluding hydrogens is 397 g/mol. The number of carbonyl (C=O) groups is 1. The summed E-state index contributed by atoms with van der Waals surface area (Å²) < 4.78 is 41.8. The Morgan fingerprint density at radius 3 is 2.59 bits per heavy atom. The Morgan fingerprint density at radius 1 is 1.24 bits per heavy atom. The lowest BCUT2D eigenvalue weighted by Crippen LogP contribution is -2.25. The quantitative estimate of drug-likeness (QED) is 0.617. The van der Waals surface area contributed by atoms with Gasteiger partial charge >= 0.3 is 6.18 Å². The molecule has 29 heavy (non-hydrogen) atoms. The van der Waals surface area contributed by atoms with E-state index in [2.05, 4.69) is 11.4 Å². The molecule has 1 heterocycles. The molecule has 7 heteroatoms. The fourth-order valence-corrected chi connectivity index (χ4v) is 5.61. The first kappa shape index (κ1) is 19.7. The van der Waals surface area contributed by atoms with Crippen molar-refractivity contribution in [1.29, 1.82) is 5.26 Å². The maximum Gasteiger partial charge on any atom is 0.419 e. The summed E-state index contributed by atoms with van der Waals surface area (Å²) in [4.78, 5) is 12.7. The topological polar surface area (TPSA) is 52.9 Å². The van der Waals surface area contributed by atoms with E-state index in [1.54, 1.807) is 32.0 Å². The molecule has 1 amide bonds. The van der Waals surface area contributed by atoms with Crippen LogP contribution in [0.3, 0.4) is 0 Å². The van der Waals surface area contributed by atoms with E-state index in [1.165, 1.54) is 0 Å². The van der Waals surface area contributed by atoms with Crippen LogP contribution < -0.4 is 5.32 Å². The van der Waals surface area contributed by atoms with Crippen LogP contribution in [0, 0.1) is 42.9 Å². The predicted molar refractivity (Wildman–Crippen MR) is 106 cm³/mol. The average Bonchev–Trinajstić information content (AvgIpc) is 3.36. The van der Waals surface area contributed by atoms with Gasteiger partial charge in [0.1, 0.15) is 11.1 Å². The minimum atomic E-state index is -4.70. The molecule has 1 aromatic carbocycles. The van der Waals surface area contributed by atoms with Gasteiger partial charge in [0.2, 0.25) is 5.91 Å². The molecule has 150 valence electrons. The SMILES string of the molecule is Cc1ccc(C)c(-c2sc(NC(=O)[C@@H]3C[C@H]4C=C[C@H]3C4)c(C#N)c2C(F)(F)F)c1. The fourth-order valence-electron chi connectivity index (χ4n) is 4.35. The van der Waals surface area contributed by atoms with Gasteiger partial charge in [0.15, 0.2) is 0 Å². The zero-order valence-electron chi connectivity index (χ0n) is 15.9. The van der Waals surface area contributed by atoms with Crippen molar-refractivity contribution < 1.29 is 18.0 Å². The summed E-state index contributed by atoms with van der Waals surface area (Å²) in [6.07, 6.45) is 1.03. The van der Waals surface area contributed by atoms with Crippen molar-refractivity contribution in [3.05, 3.63) is 52.6 Å². The number of anilines is 1. The van der Waals surface area contributed by atoms with E-state index in [1.807, 2.05) is 12.1 Å². The molecule has 2 aliphatic rings. The summed E-state index contributed by atoms with van der Waals surface area (Å²) in [6, 6.07) is 6.96. The highest BCUT2D eigenvalue weighted by atomic mass is 32.1. The molecule has 0 aliphatic heterocycles. The summed E-state index contributed by atoms with van der Waals surface area (Å²) in [6.45, 7) is 3.54. The van der Waals surface area contributed by atoms with Crippen molar-refractivity contribution >= 4 is 22.2 Å². The van der Waals surface area contributed by atoms with Crippen molar-refractivity contribution in [3.8, 4) is 16.5 Å². The number of rotatable bonds is 3. The number of hydrogen-bond acceptors (Lipinski definition) is 3. The second-order valence-electron chi connectivity index (χ2n) is 7.81. The van der Waals surface area contributed by atoms with Gasteiger partial charge in [-0.3, -0.25) is 4.79 Å². The molecule has 0 radical (unpaired) electrons. The smallest absolute Gasteiger partial charge is 0.316 e. The molecule has 1 saturated carbocycles. The van der Waals surface area contributed by atoms with Gasteiger partial charge in [-0.05, 0) is 49.7 Å². The van der Waals surface area contributed by atoms with Crippen LogP contribution in [0.5, 0.6) is 0 Å². The maximum atomic E-state index is 13.9. The standard InChI is InChI=1S/C22H19F3N2OS/c1-11-3-4-12(2)15(7-11)19-18(22(23,24)25)17(10-26)21(29-19)27-20(28)16-9-13-5-6-14(16)8-13/h3-7,13-14,16H,8-9H2,1-2H3,(H,27,28)/t13-,14-,16+/m0/s1. The molecule has 1 fully saturated rings. The number of allylic oxidation sites excluding steroid dienone is 2. The van der Waals surface area contributed by atoms with Crippen LogP contribution in [0.25, 0.3) is 10.4 Å². The van der Waals surface area contributed by atoms with Gasteiger partial charge in [0.05, 0.1) is 16.0 Å².